The second-order valence-electron chi connectivity index (χ2n) is 4.96. The van der Waals surface area contributed by atoms with Crippen LogP contribution in [0.1, 0.15) is 28.7 Å². The number of carbonyl (C=O) groups excluding carboxylic acids is 2. The van der Waals surface area contributed by atoms with Gasteiger partial charge in [0.15, 0.2) is 5.76 Å². The number of carbonyl (C=O) groups is 2. The molecule has 1 aliphatic rings. The molecule has 0 bridgehead atoms. The molecule has 7 heteroatoms. The highest BCUT2D eigenvalue weighted by atomic mass is 16.3. The Hall–Kier alpha value is -2.57. The summed E-state index contributed by atoms with van der Waals surface area (Å²) < 4.78 is 6.98. The summed E-state index contributed by atoms with van der Waals surface area (Å²) in [4.78, 5) is 25.7. The quantitative estimate of drug-likeness (QED) is 0.906. The molecule has 1 atom stereocenters. The van der Waals surface area contributed by atoms with E-state index < -0.39 is 0 Å². The summed E-state index contributed by atoms with van der Waals surface area (Å²) in [7, 11) is 1.60. The van der Waals surface area contributed by atoms with E-state index in [0.717, 1.165) is 5.69 Å². The summed E-state index contributed by atoms with van der Waals surface area (Å²) in [6, 6.07) is 5.02. The molecule has 0 saturated carbocycles. The summed E-state index contributed by atoms with van der Waals surface area (Å²) in [5.74, 6) is 0.0600. The molecule has 21 heavy (non-hydrogen) atoms. The van der Waals surface area contributed by atoms with Crippen molar-refractivity contribution in [3.8, 4) is 0 Å². The molecular weight excluding hydrogens is 272 g/mol. The maximum atomic E-state index is 12.4. The number of hydrogen-bond donors (Lipinski definition) is 1. The van der Waals surface area contributed by atoms with E-state index in [2.05, 4.69) is 10.4 Å². The van der Waals surface area contributed by atoms with Gasteiger partial charge in [-0.2, -0.15) is 5.10 Å². The Labute approximate surface area is 121 Å². The van der Waals surface area contributed by atoms with E-state index in [1.807, 2.05) is 10.7 Å². The Morgan fingerprint density at radius 3 is 3.05 bits per heavy atom. The predicted octanol–water partition coefficient (Wildman–Crippen LogP) is 0.809. The molecular formula is C14H16N4O3. The van der Waals surface area contributed by atoms with Crippen molar-refractivity contribution in [1.29, 1.82) is 0 Å². The normalized spacial score (nSPS) is 17.4. The van der Waals surface area contributed by atoms with E-state index in [1.165, 1.54) is 6.26 Å². The van der Waals surface area contributed by atoms with Crippen LogP contribution in [0.5, 0.6) is 0 Å². The van der Waals surface area contributed by atoms with Gasteiger partial charge in [-0.15, -0.1) is 0 Å². The van der Waals surface area contributed by atoms with Crippen molar-refractivity contribution in [2.75, 3.05) is 13.6 Å². The second-order valence-corrected chi connectivity index (χ2v) is 4.96. The number of rotatable bonds is 3. The Morgan fingerprint density at radius 2 is 2.33 bits per heavy atom. The minimum atomic E-state index is -0.172. The van der Waals surface area contributed by atoms with Crippen LogP contribution in [0.3, 0.4) is 0 Å². The smallest absolute Gasteiger partial charge is 0.289 e. The molecule has 0 radical (unpaired) electrons. The predicted molar refractivity (Wildman–Crippen MR) is 73.4 cm³/mol. The van der Waals surface area contributed by atoms with E-state index in [4.69, 9.17) is 4.42 Å². The van der Waals surface area contributed by atoms with Gasteiger partial charge in [0.2, 0.25) is 5.91 Å². The first kappa shape index (κ1) is 13.4. The zero-order valence-corrected chi connectivity index (χ0v) is 11.7. The van der Waals surface area contributed by atoms with Crippen molar-refractivity contribution < 1.29 is 14.0 Å². The Balaban J connectivity index is 1.83. The van der Waals surface area contributed by atoms with Gasteiger partial charge >= 0.3 is 0 Å². The lowest BCUT2D eigenvalue weighted by Gasteiger charge is -2.33. The molecule has 2 aromatic rings. The fourth-order valence-electron chi connectivity index (χ4n) is 2.57. The molecule has 1 aliphatic heterocycles. The highest BCUT2D eigenvalue weighted by Gasteiger charge is 2.31. The molecule has 110 valence electrons. The summed E-state index contributed by atoms with van der Waals surface area (Å²) in [6.07, 6.45) is 3.45. The van der Waals surface area contributed by atoms with Gasteiger partial charge in [0.1, 0.15) is 0 Å². The molecule has 7 nitrogen and oxygen atoms in total. The number of furan rings is 1. The van der Waals surface area contributed by atoms with E-state index in [1.54, 1.807) is 30.3 Å². The molecule has 3 rings (SSSR count). The lowest BCUT2D eigenvalue weighted by Crippen LogP contribution is -2.42. The first-order chi connectivity index (χ1) is 10.2. The summed E-state index contributed by atoms with van der Waals surface area (Å²) in [5.41, 5.74) is 0.912. The number of hydrogen-bond acceptors (Lipinski definition) is 4. The number of amides is 2. The van der Waals surface area contributed by atoms with Gasteiger partial charge in [-0.05, 0) is 18.2 Å². The zero-order valence-electron chi connectivity index (χ0n) is 11.7. The second kappa shape index (κ2) is 5.43. The van der Waals surface area contributed by atoms with Crippen LogP contribution in [0.15, 0.2) is 35.1 Å². The lowest BCUT2D eigenvalue weighted by atomic mass is 10.1. The molecule has 0 spiro atoms. The van der Waals surface area contributed by atoms with Crippen LogP contribution in [0, 0.1) is 0 Å². The van der Waals surface area contributed by atoms with Crippen molar-refractivity contribution in [3.05, 3.63) is 42.1 Å². The molecule has 1 N–H and O–H groups in total. The summed E-state index contributed by atoms with van der Waals surface area (Å²) in [5, 5.41) is 6.86. The number of aromatic nitrogens is 2. The Morgan fingerprint density at radius 1 is 1.48 bits per heavy atom. The molecule has 0 aromatic carbocycles. The van der Waals surface area contributed by atoms with Crippen LogP contribution in [-0.4, -0.2) is 40.1 Å². The van der Waals surface area contributed by atoms with E-state index in [-0.39, 0.29) is 24.3 Å². The largest absolute Gasteiger partial charge is 0.459 e. The molecule has 0 saturated heterocycles. The molecule has 2 amide bonds. The summed E-state index contributed by atoms with van der Waals surface area (Å²) >= 11 is 0. The van der Waals surface area contributed by atoms with Gasteiger partial charge in [-0.1, -0.05) is 0 Å². The maximum Gasteiger partial charge on any atom is 0.289 e. The average molecular weight is 288 g/mol. The third-order valence-electron chi connectivity index (χ3n) is 3.60. The van der Waals surface area contributed by atoms with Gasteiger partial charge in [0, 0.05) is 19.8 Å². The Bertz CT molecular complexity index is 647. The van der Waals surface area contributed by atoms with Crippen molar-refractivity contribution in [1.82, 2.24) is 20.0 Å². The minimum Gasteiger partial charge on any atom is -0.459 e. The standard InChI is InChI=1S/C14H16N4O3/c1-15-13(19)7-11-9-17(8-10-4-5-16-18(10)11)14(20)12-3-2-6-21-12/h2-6,11H,7-9H2,1H3,(H,15,19)/t11-/m1/s1. The SMILES string of the molecule is CNC(=O)C[C@@H]1CN(C(=O)c2ccco2)Cc2ccnn21. The summed E-state index contributed by atoms with van der Waals surface area (Å²) in [6.45, 7) is 0.894. The van der Waals surface area contributed by atoms with Crippen LogP contribution < -0.4 is 5.32 Å². The average Bonchev–Trinajstić information content (AvgIpc) is 3.17. The molecule has 0 unspecified atom stereocenters. The van der Waals surface area contributed by atoms with Crippen molar-refractivity contribution in [3.63, 3.8) is 0 Å². The highest BCUT2D eigenvalue weighted by molar-refractivity contribution is 5.91. The van der Waals surface area contributed by atoms with Gasteiger partial charge < -0.3 is 14.6 Å². The van der Waals surface area contributed by atoms with Crippen molar-refractivity contribution >= 4 is 11.8 Å². The molecule has 2 aromatic heterocycles. The maximum absolute atomic E-state index is 12.4. The topological polar surface area (TPSA) is 80.4 Å². The fourth-order valence-corrected chi connectivity index (χ4v) is 2.57. The van der Waals surface area contributed by atoms with Gasteiger partial charge in [0.25, 0.3) is 5.91 Å². The fraction of sp³-hybridized carbons (Fsp3) is 0.357. The van der Waals surface area contributed by atoms with E-state index in [9.17, 15) is 9.59 Å². The molecule has 0 fully saturated rings. The number of nitrogens with one attached hydrogen (secondary N) is 1. The minimum absolute atomic E-state index is 0.0752. The van der Waals surface area contributed by atoms with E-state index in [0.29, 0.717) is 18.8 Å². The van der Waals surface area contributed by atoms with Crippen LogP contribution in [-0.2, 0) is 11.3 Å². The molecule has 3 heterocycles. The van der Waals surface area contributed by atoms with Gasteiger partial charge in [-0.25, -0.2) is 0 Å². The van der Waals surface area contributed by atoms with Crippen LogP contribution in [0.2, 0.25) is 0 Å². The first-order valence-corrected chi connectivity index (χ1v) is 6.75. The van der Waals surface area contributed by atoms with Crippen LogP contribution in [0.25, 0.3) is 0 Å². The van der Waals surface area contributed by atoms with Crippen LogP contribution >= 0.6 is 0 Å². The van der Waals surface area contributed by atoms with Gasteiger partial charge in [-0.3, -0.25) is 14.3 Å². The molecule has 0 aliphatic carbocycles. The lowest BCUT2D eigenvalue weighted by molar-refractivity contribution is -0.121. The highest BCUT2D eigenvalue weighted by Crippen LogP contribution is 2.24. The van der Waals surface area contributed by atoms with Crippen molar-refractivity contribution in [2.24, 2.45) is 0 Å². The zero-order chi connectivity index (χ0) is 14.8. The van der Waals surface area contributed by atoms with E-state index >= 15 is 0 Å². The first-order valence-electron chi connectivity index (χ1n) is 6.75. The monoisotopic (exact) mass is 288 g/mol. The number of fused-ring (bicyclic) bond motifs is 1. The third-order valence-corrected chi connectivity index (χ3v) is 3.60. The van der Waals surface area contributed by atoms with Crippen LogP contribution in [0.4, 0.5) is 0 Å². The van der Waals surface area contributed by atoms with Gasteiger partial charge in [0.05, 0.1) is 31.0 Å². The third kappa shape index (κ3) is 2.54. The van der Waals surface area contributed by atoms with Crippen molar-refractivity contribution in [2.45, 2.75) is 19.0 Å². The number of nitrogens with zero attached hydrogens (tertiary/aromatic N) is 3. The Kier molecular flexibility index (Phi) is 3.47.